The number of hydrogen-bond donors (Lipinski definition) is 2. The van der Waals surface area contributed by atoms with Gasteiger partial charge >= 0.3 is 0 Å². The number of methoxy groups -OCH3 is 1. The summed E-state index contributed by atoms with van der Waals surface area (Å²) in [5, 5.41) is 4.31. The van der Waals surface area contributed by atoms with Crippen molar-refractivity contribution in [3.63, 3.8) is 0 Å². The molecule has 0 aliphatic heterocycles. The van der Waals surface area contributed by atoms with Crippen molar-refractivity contribution >= 4 is 51.3 Å². The van der Waals surface area contributed by atoms with Crippen molar-refractivity contribution in [2.45, 2.75) is 23.1 Å². The SMILES string of the molecule is COc1ccc(I)c(Sc2nc3c(N)ncnc3n2CCNCc2ccccc2)c1. The average molecular weight is 532 g/mol. The Balaban J connectivity index is 1.58. The molecule has 7 nitrogen and oxygen atoms in total. The van der Waals surface area contributed by atoms with Crippen LogP contribution in [0.5, 0.6) is 5.75 Å². The van der Waals surface area contributed by atoms with Gasteiger partial charge in [0, 0.05) is 28.1 Å². The summed E-state index contributed by atoms with van der Waals surface area (Å²) in [5.41, 5.74) is 8.68. The number of fused-ring (bicyclic) bond motifs is 1. The highest BCUT2D eigenvalue weighted by Gasteiger charge is 2.17. The van der Waals surface area contributed by atoms with E-state index in [-0.39, 0.29) is 0 Å². The number of benzene rings is 2. The molecule has 0 saturated heterocycles. The Bertz CT molecular complexity index is 1150. The van der Waals surface area contributed by atoms with Crippen LogP contribution < -0.4 is 15.8 Å². The lowest BCUT2D eigenvalue weighted by Gasteiger charge is -2.11. The zero-order valence-electron chi connectivity index (χ0n) is 16.4. The van der Waals surface area contributed by atoms with E-state index in [2.05, 4.69) is 54.6 Å². The Kier molecular flexibility index (Phi) is 6.70. The second-order valence-electron chi connectivity index (χ2n) is 6.54. The van der Waals surface area contributed by atoms with E-state index < -0.39 is 0 Å². The molecule has 0 saturated carbocycles. The van der Waals surface area contributed by atoms with Crippen molar-refractivity contribution in [2.24, 2.45) is 0 Å². The van der Waals surface area contributed by atoms with Crippen LogP contribution in [0.2, 0.25) is 0 Å². The van der Waals surface area contributed by atoms with E-state index in [1.807, 2.05) is 36.4 Å². The van der Waals surface area contributed by atoms with Crippen LogP contribution >= 0.6 is 34.4 Å². The Hall–Kier alpha value is -2.37. The van der Waals surface area contributed by atoms with Gasteiger partial charge in [0.05, 0.1) is 7.11 Å². The van der Waals surface area contributed by atoms with E-state index in [1.54, 1.807) is 18.9 Å². The fourth-order valence-electron chi connectivity index (χ4n) is 3.02. The van der Waals surface area contributed by atoms with Crippen molar-refractivity contribution < 1.29 is 4.74 Å². The Morgan fingerprint density at radius 3 is 2.80 bits per heavy atom. The zero-order valence-corrected chi connectivity index (χ0v) is 19.4. The number of nitrogens with two attached hydrogens (primary N) is 1. The first-order valence-corrected chi connectivity index (χ1v) is 11.3. The minimum absolute atomic E-state index is 0.387. The molecular weight excluding hydrogens is 511 g/mol. The minimum atomic E-state index is 0.387. The molecule has 0 radical (unpaired) electrons. The van der Waals surface area contributed by atoms with Gasteiger partial charge in [-0.3, -0.25) is 0 Å². The summed E-state index contributed by atoms with van der Waals surface area (Å²) < 4.78 is 8.59. The highest BCUT2D eigenvalue weighted by Crippen LogP contribution is 2.35. The molecular formula is C21H21IN6OS. The first kappa shape index (κ1) is 20.9. The molecule has 4 rings (SSSR count). The molecule has 154 valence electrons. The lowest BCUT2D eigenvalue weighted by molar-refractivity contribution is 0.413. The fourth-order valence-corrected chi connectivity index (χ4v) is 4.65. The topological polar surface area (TPSA) is 90.9 Å². The molecule has 0 bridgehead atoms. The molecule has 0 aliphatic rings. The quantitative estimate of drug-likeness (QED) is 0.262. The van der Waals surface area contributed by atoms with Gasteiger partial charge in [-0.25, -0.2) is 15.0 Å². The van der Waals surface area contributed by atoms with Gasteiger partial charge in [0.2, 0.25) is 0 Å². The maximum atomic E-state index is 6.06. The second-order valence-corrected chi connectivity index (χ2v) is 8.71. The highest BCUT2D eigenvalue weighted by atomic mass is 127. The number of nitrogens with zero attached hydrogens (tertiary/aromatic N) is 4. The van der Waals surface area contributed by atoms with Gasteiger partial charge in [0.25, 0.3) is 0 Å². The lowest BCUT2D eigenvalue weighted by atomic mass is 10.2. The minimum Gasteiger partial charge on any atom is -0.497 e. The predicted molar refractivity (Wildman–Crippen MR) is 128 cm³/mol. The van der Waals surface area contributed by atoms with E-state index in [0.717, 1.165) is 38.1 Å². The average Bonchev–Trinajstić information content (AvgIpc) is 3.12. The van der Waals surface area contributed by atoms with Crippen molar-refractivity contribution in [1.29, 1.82) is 0 Å². The van der Waals surface area contributed by atoms with Gasteiger partial charge in [-0.1, -0.05) is 42.1 Å². The van der Waals surface area contributed by atoms with Gasteiger partial charge in [-0.05, 0) is 46.4 Å². The summed E-state index contributed by atoms with van der Waals surface area (Å²) in [5.74, 6) is 1.20. The van der Waals surface area contributed by atoms with Crippen LogP contribution in [-0.4, -0.2) is 33.2 Å². The zero-order chi connectivity index (χ0) is 20.9. The molecule has 2 aromatic carbocycles. The number of aromatic nitrogens is 4. The third-order valence-electron chi connectivity index (χ3n) is 4.55. The Labute approximate surface area is 192 Å². The number of anilines is 1. The standard InChI is InChI=1S/C21H21IN6OS/c1-29-15-7-8-16(22)17(11-15)30-21-27-18-19(23)25-13-26-20(18)28(21)10-9-24-12-14-5-3-2-4-6-14/h2-8,11,13,24H,9-10,12H2,1H3,(H2,23,25,26). The number of nitrogen functional groups attached to an aromatic ring is 1. The molecule has 30 heavy (non-hydrogen) atoms. The van der Waals surface area contributed by atoms with E-state index >= 15 is 0 Å². The van der Waals surface area contributed by atoms with Crippen molar-refractivity contribution in [3.05, 3.63) is 64.0 Å². The monoisotopic (exact) mass is 532 g/mol. The Morgan fingerprint density at radius 1 is 1.17 bits per heavy atom. The van der Waals surface area contributed by atoms with Gasteiger partial charge < -0.3 is 20.4 Å². The fraction of sp³-hybridized carbons (Fsp3) is 0.190. The predicted octanol–water partition coefficient (Wildman–Crippen LogP) is 3.96. The van der Waals surface area contributed by atoms with Crippen LogP contribution in [0.4, 0.5) is 5.82 Å². The maximum absolute atomic E-state index is 6.06. The largest absolute Gasteiger partial charge is 0.497 e. The first-order chi connectivity index (χ1) is 14.7. The highest BCUT2D eigenvalue weighted by molar-refractivity contribution is 14.1. The van der Waals surface area contributed by atoms with Crippen LogP contribution in [0.15, 0.2) is 64.9 Å². The molecule has 2 aromatic heterocycles. The van der Waals surface area contributed by atoms with Crippen LogP contribution in [0, 0.1) is 3.57 Å². The maximum Gasteiger partial charge on any atom is 0.175 e. The number of ether oxygens (including phenoxy) is 1. The van der Waals surface area contributed by atoms with Gasteiger partial charge in [-0.15, -0.1) is 0 Å². The van der Waals surface area contributed by atoms with E-state index in [4.69, 9.17) is 15.5 Å². The number of nitrogens with one attached hydrogen (secondary N) is 1. The third-order valence-corrected chi connectivity index (χ3v) is 6.91. The summed E-state index contributed by atoms with van der Waals surface area (Å²) in [6.45, 7) is 2.29. The molecule has 0 aliphatic carbocycles. The normalized spacial score (nSPS) is 11.1. The van der Waals surface area contributed by atoms with E-state index in [1.165, 1.54) is 11.9 Å². The van der Waals surface area contributed by atoms with E-state index in [0.29, 0.717) is 17.9 Å². The number of imidazole rings is 1. The van der Waals surface area contributed by atoms with Gasteiger partial charge in [0.1, 0.15) is 12.1 Å². The number of hydrogen-bond acceptors (Lipinski definition) is 7. The lowest BCUT2D eigenvalue weighted by Crippen LogP contribution is -2.20. The molecule has 3 N–H and O–H groups in total. The van der Waals surface area contributed by atoms with Crippen molar-refractivity contribution in [3.8, 4) is 5.75 Å². The summed E-state index contributed by atoms with van der Waals surface area (Å²) in [4.78, 5) is 14.3. The van der Waals surface area contributed by atoms with Gasteiger partial charge in [-0.2, -0.15) is 0 Å². The molecule has 0 unspecified atom stereocenters. The van der Waals surface area contributed by atoms with Crippen molar-refractivity contribution in [2.75, 3.05) is 19.4 Å². The van der Waals surface area contributed by atoms with Gasteiger partial charge in [0.15, 0.2) is 22.1 Å². The molecule has 0 atom stereocenters. The summed E-state index contributed by atoms with van der Waals surface area (Å²) in [6, 6.07) is 16.3. The molecule has 0 fully saturated rings. The third kappa shape index (κ3) is 4.68. The van der Waals surface area contributed by atoms with Crippen LogP contribution in [-0.2, 0) is 13.1 Å². The number of halogens is 1. The second kappa shape index (κ2) is 9.63. The summed E-state index contributed by atoms with van der Waals surface area (Å²) in [7, 11) is 1.67. The molecule has 4 aromatic rings. The van der Waals surface area contributed by atoms with Crippen LogP contribution in [0.3, 0.4) is 0 Å². The number of rotatable bonds is 8. The first-order valence-electron chi connectivity index (χ1n) is 9.38. The molecule has 0 spiro atoms. The molecule has 2 heterocycles. The smallest absolute Gasteiger partial charge is 0.175 e. The summed E-state index contributed by atoms with van der Waals surface area (Å²) in [6.07, 6.45) is 1.48. The van der Waals surface area contributed by atoms with E-state index in [9.17, 15) is 0 Å². The van der Waals surface area contributed by atoms with Crippen LogP contribution in [0.25, 0.3) is 11.2 Å². The summed E-state index contributed by atoms with van der Waals surface area (Å²) >= 11 is 3.89. The Morgan fingerprint density at radius 2 is 2.00 bits per heavy atom. The molecule has 0 amide bonds. The van der Waals surface area contributed by atoms with Crippen LogP contribution in [0.1, 0.15) is 5.56 Å². The van der Waals surface area contributed by atoms with Crippen molar-refractivity contribution in [1.82, 2.24) is 24.8 Å². The molecule has 9 heteroatoms.